The topological polar surface area (TPSA) is 199 Å². The molecule has 4 aromatic rings. The van der Waals surface area contributed by atoms with E-state index in [2.05, 4.69) is 104 Å². The lowest BCUT2D eigenvalue weighted by Crippen LogP contribution is -2.44. The fourth-order valence-corrected chi connectivity index (χ4v) is 6.13. The summed E-state index contributed by atoms with van der Waals surface area (Å²) in [5.74, 6) is -0.541. The van der Waals surface area contributed by atoms with E-state index >= 15 is 0 Å². The number of amides is 2. The summed E-state index contributed by atoms with van der Waals surface area (Å²) in [5.41, 5.74) is 15.1. The van der Waals surface area contributed by atoms with Crippen molar-refractivity contribution in [2.75, 3.05) is 24.6 Å². The Hall–Kier alpha value is -2.56. The third-order valence-corrected chi connectivity index (χ3v) is 10.1. The Kier molecular flexibility index (Phi) is 7.75. The van der Waals surface area contributed by atoms with E-state index in [4.69, 9.17) is 11.5 Å². The first kappa shape index (κ1) is 27.0. The van der Waals surface area contributed by atoms with Crippen LogP contribution in [0.3, 0.4) is 0 Å². The van der Waals surface area contributed by atoms with Crippen molar-refractivity contribution < 1.29 is 9.59 Å². The van der Waals surface area contributed by atoms with E-state index in [1.54, 1.807) is 18.3 Å². The number of anilines is 2. The molecule has 0 radical (unpaired) electrons. The Morgan fingerprint density at radius 2 is 1.50 bits per heavy atom. The maximum absolute atomic E-state index is 13.0. The van der Waals surface area contributed by atoms with Crippen molar-refractivity contribution in [2.45, 2.75) is 12.3 Å². The average Bonchev–Trinajstić information content (AvgIpc) is 3.63. The molecule has 2 amide bonds. The summed E-state index contributed by atoms with van der Waals surface area (Å²) in [6, 6.07) is 3.40. The molecule has 0 bridgehead atoms. The predicted molar refractivity (Wildman–Crippen MR) is 156 cm³/mol. The molecule has 0 aromatic carbocycles. The van der Waals surface area contributed by atoms with Crippen molar-refractivity contribution in [3.05, 3.63) is 65.0 Å². The Balaban J connectivity index is 1.43. The number of carbonyl (C=O) groups is 2. The Morgan fingerprint density at radius 1 is 0.895 bits per heavy atom. The molecule has 16 heteroatoms. The van der Waals surface area contributed by atoms with Gasteiger partial charge in [-0.25, -0.2) is 9.97 Å². The average molecular weight is 778 g/mol. The molecule has 200 valence electrons. The largest absolute Gasteiger partial charge is 0.369 e. The Morgan fingerprint density at radius 3 is 2.03 bits per heavy atom. The van der Waals surface area contributed by atoms with Gasteiger partial charge in [0.15, 0.2) is 11.9 Å². The van der Waals surface area contributed by atoms with Crippen LogP contribution in [0.4, 0.5) is 11.9 Å². The smallest absolute Gasteiger partial charge is 0.267 e. The first-order valence-corrected chi connectivity index (χ1v) is 14.6. The summed E-state index contributed by atoms with van der Waals surface area (Å²) >= 11 is 13.5. The lowest BCUT2D eigenvalue weighted by Gasteiger charge is -2.37. The third kappa shape index (κ3) is 5.44. The minimum atomic E-state index is -0.310. The van der Waals surface area contributed by atoms with Crippen LogP contribution < -0.4 is 22.1 Å². The molecule has 1 aliphatic carbocycles. The molecule has 3 atom stereocenters. The Bertz CT molecular complexity index is 1470. The highest BCUT2D eigenvalue weighted by Crippen LogP contribution is 2.42. The molecule has 0 fully saturated rings. The maximum atomic E-state index is 13.0. The summed E-state index contributed by atoms with van der Waals surface area (Å²) in [5, 5.41) is 6.06. The van der Waals surface area contributed by atoms with Crippen LogP contribution in [-0.4, -0.2) is 54.8 Å². The van der Waals surface area contributed by atoms with E-state index in [1.165, 1.54) is 0 Å². The van der Waals surface area contributed by atoms with Crippen molar-refractivity contribution in [1.29, 1.82) is 0 Å². The zero-order chi connectivity index (χ0) is 27.1. The normalized spacial score (nSPS) is 18.8. The number of halogens is 4. The number of aromatic nitrogens is 6. The van der Waals surface area contributed by atoms with Crippen LogP contribution in [0.5, 0.6) is 0 Å². The van der Waals surface area contributed by atoms with E-state index in [0.717, 1.165) is 26.0 Å². The molecule has 0 saturated heterocycles. The molecule has 0 saturated carbocycles. The molecule has 5 rings (SSSR count). The van der Waals surface area contributed by atoms with Gasteiger partial charge in [0.2, 0.25) is 0 Å². The lowest BCUT2D eigenvalue weighted by atomic mass is 9.71. The first-order chi connectivity index (χ1) is 18.1. The summed E-state index contributed by atoms with van der Waals surface area (Å²) in [6.45, 7) is 0.634. The number of nitrogens with two attached hydrogens (primary N) is 2. The number of nitrogens with zero attached hydrogens (tertiary/aromatic N) is 2. The standard InChI is InChI=1S/C22H22Br4N10O2/c23-9-2-12(32-17(9)25)19(37)29-4-7-1-11-16(36-22(28)34-11)15(14-6-31-21(27)35-14)8(7)5-30-20(38)13-3-10(24)18(26)33-13/h2-3,6-8,15,32-33H,1,4-5H2,(H,29,37)(H,30,38)(H3,27,31,35)(H3,28,34,36)/t7-,8-,15-/m1/s1. The number of imidazole rings is 2. The number of rotatable bonds is 7. The number of aromatic amines is 4. The fraction of sp³-hybridized carbons (Fsp3) is 0.273. The van der Waals surface area contributed by atoms with Gasteiger partial charge in [0.25, 0.3) is 11.8 Å². The van der Waals surface area contributed by atoms with Gasteiger partial charge in [-0.2, -0.15) is 0 Å². The number of carbonyl (C=O) groups excluding carboxylic acids is 2. The van der Waals surface area contributed by atoms with Gasteiger partial charge >= 0.3 is 0 Å². The number of nitrogens with one attached hydrogen (secondary N) is 6. The first-order valence-electron chi connectivity index (χ1n) is 11.4. The van der Waals surface area contributed by atoms with Crippen LogP contribution in [0.25, 0.3) is 0 Å². The van der Waals surface area contributed by atoms with Crippen molar-refractivity contribution in [3.8, 4) is 0 Å². The van der Waals surface area contributed by atoms with Crippen LogP contribution >= 0.6 is 63.7 Å². The van der Waals surface area contributed by atoms with Gasteiger partial charge in [0.05, 0.1) is 30.0 Å². The van der Waals surface area contributed by atoms with Gasteiger partial charge in [0, 0.05) is 30.4 Å². The zero-order valence-electron chi connectivity index (χ0n) is 19.5. The number of hydrogen-bond donors (Lipinski definition) is 8. The van der Waals surface area contributed by atoms with Gasteiger partial charge in [-0.3, -0.25) is 9.59 Å². The van der Waals surface area contributed by atoms with Crippen LogP contribution in [-0.2, 0) is 6.42 Å². The second kappa shape index (κ2) is 10.9. The second-order valence-electron chi connectivity index (χ2n) is 8.93. The summed E-state index contributed by atoms with van der Waals surface area (Å²) in [4.78, 5) is 46.9. The van der Waals surface area contributed by atoms with Crippen LogP contribution in [0.2, 0.25) is 0 Å². The summed E-state index contributed by atoms with van der Waals surface area (Å²) < 4.78 is 2.84. The van der Waals surface area contributed by atoms with E-state index in [0.29, 0.717) is 46.1 Å². The predicted octanol–water partition coefficient (Wildman–Crippen LogP) is 3.78. The number of hydrogen-bond acceptors (Lipinski definition) is 6. The molecule has 10 N–H and O–H groups in total. The molecule has 0 spiro atoms. The van der Waals surface area contributed by atoms with Crippen molar-refractivity contribution in [3.63, 3.8) is 0 Å². The van der Waals surface area contributed by atoms with Crippen LogP contribution in [0.1, 0.15) is 44.0 Å². The van der Waals surface area contributed by atoms with Crippen molar-refractivity contribution >= 4 is 87.4 Å². The highest BCUT2D eigenvalue weighted by Gasteiger charge is 2.41. The highest BCUT2D eigenvalue weighted by molar-refractivity contribution is 9.13. The number of fused-ring (bicyclic) bond motifs is 1. The Labute approximate surface area is 249 Å². The van der Waals surface area contributed by atoms with Gasteiger partial charge in [-0.1, -0.05) is 0 Å². The zero-order valence-corrected chi connectivity index (χ0v) is 25.8. The SMILES string of the molecule is Nc1ncc([C@@H]2c3nc(N)[nH]c3C[C@H](CNC(=O)c3cc(Br)c(Br)[nH]3)[C@H]2CNC(=O)c2cc(Br)c(Br)[nH]2)[nH]1. The van der Waals surface area contributed by atoms with Crippen molar-refractivity contribution in [2.24, 2.45) is 11.8 Å². The minimum absolute atomic E-state index is 0.0925. The summed E-state index contributed by atoms with van der Waals surface area (Å²) in [6.07, 6.45) is 2.23. The third-order valence-electron chi connectivity index (χ3n) is 6.54. The number of H-pyrrole nitrogens is 4. The van der Waals surface area contributed by atoms with Gasteiger partial charge in [0.1, 0.15) is 11.4 Å². The monoisotopic (exact) mass is 774 g/mol. The fourth-order valence-electron chi connectivity index (χ4n) is 4.82. The van der Waals surface area contributed by atoms with E-state index in [9.17, 15) is 9.59 Å². The van der Waals surface area contributed by atoms with Crippen LogP contribution in [0.15, 0.2) is 36.5 Å². The van der Waals surface area contributed by atoms with E-state index < -0.39 is 0 Å². The number of nitrogen functional groups attached to an aromatic ring is 2. The van der Waals surface area contributed by atoms with Gasteiger partial charge in [-0.15, -0.1) is 0 Å². The lowest BCUT2D eigenvalue weighted by molar-refractivity contribution is 0.0906. The second-order valence-corrected chi connectivity index (χ2v) is 12.2. The quantitative estimate of drug-likeness (QED) is 0.140. The minimum Gasteiger partial charge on any atom is -0.369 e. The van der Waals surface area contributed by atoms with E-state index in [-0.39, 0.29) is 35.5 Å². The highest BCUT2D eigenvalue weighted by atomic mass is 79.9. The molecular weight excluding hydrogens is 756 g/mol. The molecule has 0 aliphatic heterocycles. The molecule has 0 unspecified atom stereocenters. The summed E-state index contributed by atoms with van der Waals surface area (Å²) in [7, 11) is 0. The molecule has 1 aliphatic rings. The van der Waals surface area contributed by atoms with Gasteiger partial charge < -0.3 is 42.0 Å². The maximum Gasteiger partial charge on any atom is 0.267 e. The molecular formula is C22H22Br4N10O2. The molecule has 4 heterocycles. The van der Waals surface area contributed by atoms with Crippen LogP contribution in [0, 0.1) is 11.8 Å². The van der Waals surface area contributed by atoms with E-state index in [1.807, 2.05) is 0 Å². The van der Waals surface area contributed by atoms with Crippen molar-refractivity contribution in [1.82, 2.24) is 40.5 Å². The molecule has 4 aromatic heterocycles. The molecule has 38 heavy (non-hydrogen) atoms. The molecule has 12 nitrogen and oxygen atoms in total. The van der Waals surface area contributed by atoms with Gasteiger partial charge in [-0.05, 0) is 94.1 Å².